The van der Waals surface area contributed by atoms with Gasteiger partial charge in [-0.15, -0.1) is 0 Å². The Kier molecular flexibility index (Phi) is 22.8. The monoisotopic (exact) mass is 495 g/mol. The SMILES string of the molecule is CC=CC=CC.CCCCC(C)P(=NC1=CC=CC1)(C(C)CCCC)C(C)CCCC.[Ti]. The van der Waals surface area contributed by atoms with E-state index in [1.807, 2.05) is 38.2 Å². The van der Waals surface area contributed by atoms with E-state index < -0.39 is 7.05 Å². The molecule has 0 heterocycles. The van der Waals surface area contributed by atoms with Crippen LogP contribution in [0, 0.1) is 0 Å². The second kappa shape index (κ2) is 21.4. The Morgan fingerprint density at radius 1 is 0.812 bits per heavy atom. The first-order valence-corrected chi connectivity index (χ1v) is 15.1. The Labute approximate surface area is 217 Å². The minimum Gasteiger partial charge on any atom is -0.271 e. The molecule has 0 saturated heterocycles. The van der Waals surface area contributed by atoms with Crippen molar-refractivity contribution in [2.75, 3.05) is 0 Å². The third-order valence-electron chi connectivity index (χ3n) is 6.59. The molecule has 0 aromatic heterocycles. The molecule has 0 bridgehead atoms. The molecule has 1 nitrogen and oxygen atoms in total. The van der Waals surface area contributed by atoms with Crippen molar-refractivity contribution in [3.05, 3.63) is 48.2 Å². The van der Waals surface area contributed by atoms with Gasteiger partial charge in [0.25, 0.3) is 0 Å². The summed E-state index contributed by atoms with van der Waals surface area (Å²) in [4.78, 5) is 0. The minimum absolute atomic E-state index is 0. The van der Waals surface area contributed by atoms with E-state index in [-0.39, 0.29) is 21.7 Å². The summed E-state index contributed by atoms with van der Waals surface area (Å²) in [5.41, 5.74) is 3.68. The summed E-state index contributed by atoms with van der Waals surface area (Å²) in [6.07, 6.45) is 27.9. The quantitative estimate of drug-likeness (QED) is 0.129. The molecule has 3 atom stereocenters. The van der Waals surface area contributed by atoms with Gasteiger partial charge in [-0.25, -0.2) is 0 Å². The number of allylic oxidation sites excluding steroid dienone is 7. The van der Waals surface area contributed by atoms with Crippen LogP contribution >= 0.6 is 7.05 Å². The molecule has 0 aromatic carbocycles. The zero-order valence-corrected chi connectivity index (χ0v) is 25.2. The van der Waals surface area contributed by atoms with E-state index >= 15 is 0 Å². The summed E-state index contributed by atoms with van der Waals surface area (Å²) in [5.74, 6) is 0. The molecule has 0 saturated carbocycles. The van der Waals surface area contributed by atoms with Crippen molar-refractivity contribution in [3.63, 3.8) is 0 Å². The molecule has 0 radical (unpaired) electrons. The van der Waals surface area contributed by atoms with Gasteiger partial charge in [0, 0.05) is 33.8 Å². The van der Waals surface area contributed by atoms with Crippen LogP contribution in [0.3, 0.4) is 0 Å². The Morgan fingerprint density at radius 3 is 1.50 bits per heavy atom. The molecule has 0 N–H and O–H groups in total. The van der Waals surface area contributed by atoms with Crippen LogP contribution in [-0.2, 0) is 21.7 Å². The Balaban J connectivity index is 0. The summed E-state index contributed by atoms with van der Waals surface area (Å²) in [6, 6.07) is 0. The maximum Gasteiger partial charge on any atom is 0.0425 e. The molecule has 1 aliphatic rings. The van der Waals surface area contributed by atoms with Gasteiger partial charge in [0.15, 0.2) is 0 Å². The first-order valence-electron chi connectivity index (χ1n) is 13.1. The number of nitrogens with zero attached hydrogens (tertiary/aromatic N) is 1. The molecule has 3 unspecified atom stereocenters. The predicted molar refractivity (Wildman–Crippen MR) is 148 cm³/mol. The molecule has 3 heteroatoms. The van der Waals surface area contributed by atoms with E-state index in [0.29, 0.717) is 0 Å². The van der Waals surface area contributed by atoms with Crippen LogP contribution in [0.15, 0.2) is 53.0 Å². The standard InChI is InChI=1S/C23H44NP.C6H10.Ti/c1-7-10-15-20(4)25(21(5)16-11-8-2,22(6)17-12-9-3)24-23-18-13-14-19-23;1-3-5-6-4-2;/h13-14,18,20-22H,7-12,15-17,19H2,1-6H3;3-6H,1-2H3;. The smallest absolute Gasteiger partial charge is 0.0425 e. The Morgan fingerprint density at radius 2 is 1.22 bits per heavy atom. The van der Waals surface area contributed by atoms with Crippen molar-refractivity contribution in [1.82, 2.24) is 0 Å². The van der Waals surface area contributed by atoms with Crippen molar-refractivity contribution in [1.29, 1.82) is 0 Å². The number of hydrogen-bond acceptors (Lipinski definition) is 1. The summed E-state index contributed by atoms with van der Waals surface area (Å²) in [5, 5.41) is 0. The fourth-order valence-electron chi connectivity index (χ4n) is 4.67. The molecule has 0 aromatic rings. The maximum absolute atomic E-state index is 5.68. The van der Waals surface area contributed by atoms with Gasteiger partial charge < -0.3 is 0 Å². The zero-order chi connectivity index (χ0) is 23.5. The molecule has 0 aliphatic heterocycles. The van der Waals surface area contributed by atoms with Crippen LogP contribution in [0.25, 0.3) is 0 Å². The number of rotatable bonds is 14. The largest absolute Gasteiger partial charge is 0.271 e. The second-order valence-electron chi connectivity index (χ2n) is 9.21. The average molecular weight is 496 g/mol. The maximum atomic E-state index is 5.68. The van der Waals surface area contributed by atoms with Gasteiger partial charge in [-0.05, 0) is 63.2 Å². The van der Waals surface area contributed by atoms with E-state index in [1.165, 1.54) is 63.5 Å². The van der Waals surface area contributed by atoms with Crippen LogP contribution in [0.2, 0.25) is 0 Å². The van der Waals surface area contributed by atoms with E-state index in [2.05, 4.69) is 59.8 Å². The summed E-state index contributed by atoms with van der Waals surface area (Å²) in [6.45, 7) is 18.6. The molecule has 1 aliphatic carbocycles. The first kappa shape index (κ1) is 34.1. The second-order valence-corrected chi connectivity index (χ2v) is 13.6. The van der Waals surface area contributed by atoms with Crippen LogP contribution in [0.5, 0.6) is 0 Å². The Bertz CT molecular complexity index is 562. The van der Waals surface area contributed by atoms with E-state index in [9.17, 15) is 0 Å². The average Bonchev–Trinajstić information content (AvgIpc) is 3.29. The van der Waals surface area contributed by atoms with Crippen LogP contribution in [0.4, 0.5) is 0 Å². The summed E-state index contributed by atoms with van der Waals surface area (Å²) >= 11 is 0. The van der Waals surface area contributed by atoms with Crippen LogP contribution in [0.1, 0.15) is 120 Å². The van der Waals surface area contributed by atoms with Gasteiger partial charge in [0.1, 0.15) is 0 Å². The zero-order valence-electron chi connectivity index (χ0n) is 22.7. The van der Waals surface area contributed by atoms with Crippen molar-refractivity contribution in [2.24, 2.45) is 4.74 Å². The molecule has 1 rings (SSSR count). The van der Waals surface area contributed by atoms with Gasteiger partial charge in [-0.1, -0.05) is 117 Å². The molecule has 0 fully saturated rings. The fraction of sp³-hybridized carbons (Fsp3) is 0.724. The minimum atomic E-state index is -1.39. The topological polar surface area (TPSA) is 12.4 Å². The first-order chi connectivity index (χ1) is 14.9. The fourth-order valence-corrected chi connectivity index (χ4v) is 10.3. The van der Waals surface area contributed by atoms with Crippen molar-refractivity contribution in [3.8, 4) is 0 Å². The van der Waals surface area contributed by atoms with Gasteiger partial charge in [-0.3, -0.25) is 4.74 Å². The van der Waals surface area contributed by atoms with E-state index in [4.69, 9.17) is 4.74 Å². The number of hydrogen-bond donors (Lipinski definition) is 0. The molecule has 32 heavy (non-hydrogen) atoms. The summed E-state index contributed by atoms with van der Waals surface area (Å²) < 4.78 is 5.68. The van der Waals surface area contributed by atoms with Crippen LogP contribution in [-0.4, -0.2) is 17.0 Å². The van der Waals surface area contributed by atoms with Gasteiger partial charge in [0.2, 0.25) is 0 Å². The molecule has 0 amide bonds. The third-order valence-corrected chi connectivity index (χ3v) is 12.2. The van der Waals surface area contributed by atoms with Crippen LogP contribution < -0.4 is 0 Å². The van der Waals surface area contributed by atoms with Crippen molar-refractivity contribution < 1.29 is 21.7 Å². The number of unbranched alkanes of at least 4 members (excludes halogenated alkanes) is 3. The van der Waals surface area contributed by atoms with Crippen molar-refractivity contribution >= 4 is 7.05 Å². The summed E-state index contributed by atoms with van der Waals surface area (Å²) in [7, 11) is -1.39. The third kappa shape index (κ3) is 12.4. The van der Waals surface area contributed by atoms with Gasteiger partial charge >= 0.3 is 0 Å². The molecule has 184 valence electrons. The predicted octanol–water partition coefficient (Wildman–Crippen LogP) is 10.9. The van der Waals surface area contributed by atoms with Gasteiger partial charge in [0.05, 0.1) is 0 Å². The normalized spacial score (nSPS) is 17.8. The molecular weight excluding hydrogens is 441 g/mol. The molecule has 0 spiro atoms. The molecular formula is C29H54NPTi. The van der Waals surface area contributed by atoms with Crippen molar-refractivity contribution in [2.45, 2.75) is 137 Å². The van der Waals surface area contributed by atoms with E-state index in [0.717, 1.165) is 23.4 Å². The van der Waals surface area contributed by atoms with E-state index in [1.54, 1.807) is 0 Å². The van der Waals surface area contributed by atoms with Gasteiger partial charge in [-0.2, -0.15) is 0 Å². The Hall–Kier alpha value is -0.0957.